The first-order chi connectivity index (χ1) is 16.6. The highest BCUT2D eigenvalue weighted by Gasteiger charge is 2.13. The highest BCUT2D eigenvalue weighted by Crippen LogP contribution is 2.29. The topological polar surface area (TPSA) is 101 Å². The molecule has 0 fully saturated rings. The molecular weight excluding hydrogens is 567 g/mol. The van der Waals surface area contributed by atoms with Crippen LogP contribution in [0.5, 0.6) is 23.0 Å². The molecule has 0 radical (unpaired) electrons. The average molecular weight is 604 g/mol. The quantitative estimate of drug-likeness (QED) is 0.220. The number of methoxy groups -OCH3 is 4. The number of phenols is 1. The number of hydrogen-bond acceptors (Lipinski definition) is 8. The Hall–Kier alpha value is -2.69. The number of aromatic hydroxyl groups is 1. The minimum absolute atomic E-state index is 0.00449. The van der Waals surface area contributed by atoms with Crippen LogP contribution in [0.2, 0.25) is 0 Å². The Bertz CT molecular complexity index is 914. The highest BCUT2D eigenvalue weighted by atomic mass is 127. The number of phenolic OH excluding ortho intramolecular Hbond substituents is 1. The van der Waals surface area contributed by atoms with Crippen LogP contribution in [0.25, 0.3) is 0 Å². The SMILES string of the molecule is CCC(C)I.CCC(C)Oc1ccc(C(=O)OC)cc1OC.COC(=O)c1ccc(O)c(OC)c1. The van der Waals surface area contributed by atoms with Gasteiger partial charge in [0.15, 0.2) is 23.0 Å². The molecule has 2 rings (SSSR count). The Kier molecular flexibility index (Phi) is 16.3. The maximum absolute atomic E-state index is 11.4. The molecule has 0 saturated heterocycles. The molecule has 8 nitrogen and oxygen atoms in total. The van der Waals surface area contributed by atoms with E-state index >= 15 is 0 Å². The molecule has 2 aromatic rings. The number of alkyl halides is 1. The predicted molar refractivity (Wildman–Crippen MR) is 144 cm³/mol. The molecule has 0 aliphatic carbocycles. The highest BCUT2D eigenvalue weighted by molar-refractivity contribution is 14.1. The fourth-order valence-electron chi connectivity index (χ4n) is 2.23. The largest absolute Gasteiger partial charge is 0.504 e. The summed E-state index contributed by atoms with van der Waals surface area (Å²) in [5, 5.41) is 9.21. The van der Waals surface area contributed by atoms with E-state index in [2.05, 4.69) is 45.9 Å². The van der Waals surface area contributed by atoms with Gasteiger partial charge in [0.2, 0.25) is 0 Å². The van der Waals surface area contributed by atoms with Crippen LogP contribution in [0.3, 0.4) is 0 Å². The van der Waals surface area contributed by atoms with Crippen molar-refractivity contribution in [2.75, 3.05) is 28.4 Å². The van der Waals surface area contributed by atoms with Gasteiger partial charge in [0.25, 0.3) is 0 Å². The molecule has 0 aliphatic rings. The predicted octanol–water partition coefficient (Wildman–Crippen LogP) is 6.07. The fourth-order valence-corrected chi connectivity index (χ4v) is 2.23. The Morgan fingerprint density at radius 2 is 1.26 bits per heavy atom. The molecule has 2 aromatic carbocycles. The number of carbonyl (C=O) groups excluding carboxylic acids is 2. The zero-order valence-electron chi connectivity index (χ0n) is 21.7. The van der Waals surface area contributed by atoms with Crippen molar-refractivity contribution in [3.05, 3.63) is 47.5 Å². The molecule has 196 valence electrons. The van der Waals surface area contributed by atoms with Gasteiger partial charge in [-0.05, 0) is 56.2 Å². The standard InChI is InChI=1S/C13H18O4.C9H10O4.C4H9I/c1-5-9(2)17-11-7-6-10(13(14)16-4)8-12(11)15-3;1-12-8-5-6(9(11)13-2)3-4-7(8)10;1-3-4(2)5/h6-9H,5H2,1-4H3;3-5,10H,1-2H3;4H,3H2,1-2H3. The molecule has 0 aliphatic heterocycles. The van der Waals surface area contributed by atoms with Crippen molar-refractivity contribution in [2.45, 2.75) is 50.6 Å². The van der Waals surface area contributed by atoms with E-state index in [9.17, 15) is 14.7 Å². The van der Waals surface area contributed by atoms with Gasteiger partial charge in [0.05, 0.1) is 45.7 Å². The second kappa shape index (κ2) is 17.7. The fraction of sp³-hybridized carbons (Fsp3) is 0.462. The molecular formula is C26H37IO8. The Morgan fingerprint density at radius 1 is 0.800 bits per heavy atom. The molecule has 35 heavy (non-hydrogen) atoms. The molecule has 2 atom stereocenters. The van der Waals surface area contributed by atoms with Crippen molar-refractivity contribution in [1.29, 1.82) is 0 Å². The first-order valence-corrected chi connectivity index (χ1v) is 12.3. The van der Waals surface area contributed by atoms with Crippen LogP contribution in [0, 0.1) is 0 Å². The third-order valence-electron chi connectivity index (χ3n) is 4.65. The van der Waals surface area contributed by atoms with Crippen LogP contribution in [0.1, 0.15) is 61.3 Å². The second-order valence-electron chi connectivity index (χ2n) is 7.26. The van der Waals surface area contributed by atoms with E-state index in [1.165, 1.54) is 45.9 Å². The smallest absolute Gasteiger partial charge is 0.337 e. The second-order valence-corrected chi connectivity index (χ2v) is 9.39. The van der Waals surface area contributed by atoms with Crippen molar-refractivity contribution >= 4 is 34.5 Å². The summed E-state index contributed by atoms with van der Waals surface area (Å²) in [5.41, 5.74) is 0.790. The summed E-state index contributed by atoms with van der Waals surface area (Å²) in [5.74, 6) is 0.567. The maximum Gasteiger partial charge on any atom is 0.337 e. The number of rotatable bonds is 8. The van der Waals surface area contributed by atoms with E-state index < -0.39 is 11.9 Å². The van der Waals surface area contributed by atoms with Gasteiger partial charge in [-0.3, -0.25) is 0 Å². The van der Waals surface area contributed by atoms with Crippen molar-refractivity contribution in [3.63, 3.8) is 0 Å². The summed E-state index contributed by atoms with van der Waals surface area (Å²) in [6.45, 7) is 8.42. The van der Waals surface area contributed by atoms with Gasteiger partial charge >= 0.3 is 11.9 Å². The first kappa shape index (κ1) is 32.3. The molecule has 0 bridgehead atoms. The van der Waals surface area contributed by atoms with Crippen LogP contribution in [0.4, 0.5) is 0 Å². The van der Waals surface area contributed by atoms with Gasteiger partial charge in [-0.25, -0.2) is 9.59 Å². The molecule has 9 heteroatoms. The van der Waals surface area contributed by atoms with Crippen molar-refractivity contribution in [2.24, 2.45) is 0 Å². The van der Waals surface area contributed by atoms with Gasteiger partial charge in [-0.2, -0.15) is 0 Å². The van der Waals surface area contributed by atoms with Crippen LogP contribution >= 0.6 is 22.6 Å². The van der Waals surface area contributed by atoms with Crippen LogP contribution < -0.4 is 14.2 Å². The number of hydrogen-bond donors (Lipinski definition) is 1. The lowest BCUT2D eigenvalue weighted by atomic mass is 10.2. The molecule has 0 amide bonds. The minimum atomic E-state index is -0.460. The van der Waals surface area contributed by atoms with E-state index in [1.807, 2.05) is 13.8 Å². The third-order valence-corrected chi connectivity index (χ3v) is 5.53. The zero-order chi connectivity index (χ0) is 27.0. The van der Waals surface area contributed by atoms with E-state index in [1.54, 1.807) is 25.3 Å². The lowest BCUT2D eigenvalue weighted by molar-refractivity contribution is 0.0591. The van der Waals surface area contributed by atoms with Gasteiger partial charge < -0.3 is 28.8 Å². The molecule has 1 N–H and O–H groups in total. The van der Waals surface area contributed by atoms with Crippen molar-refractivity contribution in [1.82, 2.24) is 0 Å². The number of carbonyl (C=O) groups is 2. The monoisotopic (exact) mass is 604 g/mol. The van der Waals surface area contributed by atoms with Crippen molar-refractivity contribution < 1.29 is 38.4 Å². The van der Waals surface area contributed by atoms with Gasteiger partial charge in [-0.15, -0.1) is 0 Å². The van der Waals surface area contributed by atoms with E-state index in [0.717, 1.165) is 10.3 Å². The van der Waals surface area contributed by atoms with Crippen LogP contribution in [0.15, 0.2) is 36.4 Å². The molecule has 0 saturated carbocycles. The summed E-state index contributed by atoms with van der Waals surface area (Å²) in [6, 6.07) is 9.25. The van der Waals surface area contributed by atoms with E-state index in [-0.39, 0.29) is 17.6 Å². The summed E-state index contributed by atoms with van der Waals surface area (Å²) < 4.78 is 25.7. The molecule has 0 spiro atoms. The molecule has 0 heterocycles. The number of benzene rings is 2. The van der Waals surface area contributed by atoms with E-state index in [0.29, 0.717) is 22.6 Å². The lowest BCUT2D eigenvalue weighted by Crippen LogP contribution is -2.11. The normalized spacial score (nSPS) is 11.3. The summed E-state index contributed by atoms with van der Waals surface area (Å²) in [7, 11) is 5.59. The Morgan fingerprint density at radius 3 is 1.66 bits per heavy atom. The van der Waals surface area contributed by atoms with Crippen molar-refractivity contribution in [3.8, 4) is 23.0 Å². The van der Waals surface area contributed by atoms with Gasteiger partial charge in [0, 0.05) is 3.92 Å². The third kappa shape index (κ3) is 12.0. The van der Waals surface area contributed by atoms with Crippen LogP contribution in [-0.4, -0.2) is 55.5 Å². The number of esters is 2. The zero-order valence-corrected chi connectivity index (χ0v) is 23.9. The average Bonchev–Trinajstić information content (AvgIpc) is 2.88. The summed E-state index contributed by atoms with van der Waals surface area (Å²) in [4.78, 5) is 22.4. The molecule has 2 unspecified atom stereocenters. The maximum atomic E-state index is 11.4. The molecule has 0 aromatic heterocycles. The summed E-state index contributed by atoms with van der Waals surface area (Å²) >= 11 is 2.41. The number of halogens is 1. The Labute approximate surface area is 222 Å². The van der Waals surface area contributed by atoms with E-state index in [4.69, 9.17) is 14.2 Å². The minimum Gasteiger partial charge on any atom is -0.504 e. The Balaban J connectivity index is 0.000000567. The van der Waals surface area contributed by atoms with Crippen LogP contribution in [-0.2, 0) is 9.47 Å². The van der Waals surface area contributed by atoms with Gasteiger partial charge in [0.1, 0.15) is 0 Å². The lowest BCUT2D eigenvalue weighted by Gasteiger charge is -2.15. The summed E-state index contributed by atoms with van der Waals surface area (Å²) in [6.07, 6.45) is 2.30. The first-order valence-electron chi connectivity index (χ1n) is 11.1. The van der Waals surface area contributed by atoms with Gasteiger partial charge in [-0.1, -0.05) is 43.4 Å². The number of ether oxygens (including phenoxy) is 5.